The van der Waals surface area contributed by atoms with Crippen LogP contribution >= 0.6 is 0 Å². The van der Waals surface area contributed by atoms with Gasteiger partial charge in [0.25, 0.3) is 0 Å². The van der Waals surface area contributed by atoms with E-state index in [1.807, 2.05) is 0 Å². The lowest BCUT2D eigenvalue weighted by Gasteiger charge is -2.27. The lowest BCUT2D eigenvalue weighted by Crippen LogP contribution is -2.62. The maximum absolute atomic E-state index is 13.8. The Kier molecular flexibility index (Phi) is 17.0. The Morgan fingerprint density at radius 1 is 0.717 bits per heavy atom. The van der Waals surface area contributed by atoms with Crippen LogP contribution < -0.4 is 37.6 Å². The van der Waals surface area contributed by atoms with Crippen LogP contribution in [0.5, 0.6) is 0 Å². The molecule has 2 rings (SSSR count). The van der Waals surface area contributed by atoms with Gasteiger partial charge in [0, 0.05) is 24.7 Å². The molecule has 0 aliphatic carbocycles. The molecule has 0 radical (unpaired) electrons. The summed E-state index contributed by atoms with van der Waals surface area (Å²) >= 11 is 0. The van der Waals surface area contributed by atoms with Gasteiger partial charge < -0.3 is 63.0 Å². The van der Waals surface area contributed by atoms with Crippen molar-refractivity contribution in [2.24, 2.45) is 5.73 Å². The Morgan fingerprint density at radius 3 is 1.74 bits per heavy atom. The van der Waals surface area contributed by atoms with Crippen molar-refractivity contribution in [2.75, 3.05) is 6.61 Å². The Hall–Kier alpha value is -5.93. The minimum atomic E-state index is -1.76. The van der Waals surface area contributed by atoms with Crippen LogP contribution in [0.2, 0.25) is 0 Å². The fourth-order valence-electron chi connectivity index (χ4n) is 4.61. The monoisotopic (exact) mass is 747 g/mol. The highest BCUT2D eigenvalue weighted by molar-refractivity contribution is 5.98. The van der Waals surface area contributed by atoms with Crippen molar-refractivity contribution in [3.8, 4) is 0 Å². The first kappa shape index (κ1) is 43.2. The number of hydrogen-bond donors (Lipinski definition) is 12. The number of aromatic amines is 1. The van der Waals surface area contributed by atoms with E-state index in [4.69, 9.17) is 10.8 Å². The summed E-state index contributed by atoms with van der Waals surface area (Å²) < 4.78 is 0. The van der Waals surface area contributed by atoms with E-state index >= 15 is 0 Å². The van der Waals surface area contributed by atoms with Gasteiger partial charge in [0.15, 0.2) is 0 Å². The number of nitrogens with one attached hydrogen (secondary N) is 7. The standard InChI is InChI=1S/C32H45N9O12/c1-15(33)26(46)41-25(17(3)43)31(51)40-23(13-42)30(50)37-20(9-18-7-5-4-6-8-18)28(48)38-21(10-19-12-34-14-35-19)29(49)39-22(11-24(44)45)27(47)36-16(2)32(52)53/h4-8,12,14-17,20-23,25,42-43H,9-11,13,33H2,1-3H3,(H,34,35)(H,36,47)(H,37,50)(H,38,48)(H,39,49)(H,40,51)(H,41,46)(H,44,45)(H,52,53)/t15-,16-,17+,20-,21-,22-,23-,25-/m0/s1. The van der Waals surface area contributed by atoms with Gasteiger partial charge in [0.2, 0.25) is 35.4 Å². The summed E-state index contributed by atoms with van der Waals surface area (Å²) in [6.45, 7) is 2.68. The fraction of sp³-hybridized carbons (Fsp3) is 0.469. The first-order valence-electron chi connectivity index (χ1n) is 16.3. The third kappa shape index (κ3) is 14.3. The highest BCUT2D eigenvalue weighted by atomic mass is 16.4. The number of carboxylic acid groups (broad SMARTS) is 2. The maximum atomic E-state index is 13.8. The lowest BCUT2D eigenvalue weighted by molar-refractivity contribution is -0.143. The first-order chi connectivity index (χ1) is 24.9. The average Bonchev–Trinajstić information content (AvgIpc) is 3.61. The number of aromatic nitrogens is 2. The van der Waals surface area contributed by atoms with E-state index in [0.717, 1.165) is 6.92 Å². The minimum Gasteiger partial charge on any atom is -0.481 e. The molecule has 2 aromatic rings. The number of nitrogens with two attached hydrogens (primary N) is 1. The second-order valence-corrected chi connectivity index (χ2v) is 12.1. The number of amides is 6. The highest BCUT2D eigenvalue weighted by Gasteiger charge is 2.34. The van der Waals surface area contributed by atoms with Crippen LogP contribution in [-0.2, 0) is 51.2 Å². The van der Waals surface area contributed by atoms with E-state index in [2.05, 4.69) is 41.9 Å². The quantitative estimate of drug-likeness (QED) is 0.0572. The zero-order chi connectivity index (χ0) is 39.8. The number of imidazole rings is 1. The third-order valence-electron chi connectivity index (χ3n) is 7.56. The van der Waals surface area contributed by atoms with Gasteiger partial charge in [-0.3, -0.25) is 38.4 Å². The second-order valence-electron chi connectivity index (χ2n) is 12.1. The van der Waals surface area contributed by atoms with Gasteiger partial charge in [0.1, 0.15) is 36.3 Å². The molecule has 21 nitrogen and oxygen atoms in total. The van der Waals surface area contributed by atoms with Gasteiger partial charge in [-0.25, -0.2) is 4.98 Å². The number of aliphatic hydroxyl groups excluding tert-OH is 2. The Bertz CT molecular complexity index is 1590. The van der Waals surface area contributed by atoms with Crippen LogP contribution in [0.25, 0.3) is 0 Å². The molecule has 0 unspecified atom stereocenters. The molecule has 0 aliphatic heterocycles. The second kappa shape index (κ2) is 20.8. The minimum absolute atomic E-state index is 0.180. The molecule has 8 atom stereocenters. The van der Waals surface area contributed by atoms with Crippen molar-refractivity contribution < 1.29 is 58.8 Å². The van der Waals surface area contributed by atoms with Crippen molar-refractivity contribution in [1.82, 2.24) is 41.9 Å². The topological polar surface area (TPSA) is 344 Å². The number of carbonyl (C=O) groups excluding carboxylic acids is 6. The van der Waals surface area contributed by atoms with Crippen LogP contribution in [0.15, 0.2) is 42.9 Å². The van der Waals surface area contributed by atoms with Crippen molar-refractivity contribution >= 4 is 47.4 Å². The number of H-pyrrole nitrogens is 1. The summed E-state index contributed by atoms with van der Waals surface area (Å²) in [6.07, 6.45) is -0.235. The van der Waals surface area contributed by atoms with Crippen molar-refractivity contribution in [3.05, 3.63) is 54.1 Å². The molecule has 0 bridgehead atoms. The summed E-state index contributed by atoms with van der Waals surface area (Å²) in [4.78, 5) is 108. The van der Waals surface area contributed by atoms with E-state index in [9.17, 15) is 53.7 Å². The molecule has 0 saturated heterocycles. The average molecular weight is 748 g/mol. The van der Waals surface area contributed by atoms with Crippen molar-refractivity contribution in [3.63, 3.8) is 0 Å². The van der Waals surface area contributed by atoms with E-state index in [-0.39, 0.29) is 12.8 Å². The number of carboxylic acids is 2. The molecular weight excluding hydrogens is 702 g/mol. The van der Waals surface area contributed by atoms with Crippen LogP contribution in [0.1, 0.15) is 38.4 Å². The first-order valence-corrected chi connectivity index (χ1v) is 16.3. The van der Waals surface area contributed by atoms with E-state index in [0.29, 0.717) is 11.3 Å². The Balaban J connectivity index is 2.37. The number of carbonyl (C=O) groups is 8. The van der Waals surface area contributed by atoms with Crippen LogP contribution in [0.4, 0.5) is 0 Å². The summed E-state index contributed by atoms with van der Waals surface area (Å²) in [5.74, 6) is -8.97. The van der Waals surface area contributed by atoms with Crippen molar-refractivity contribution in [1.29, 1.82) is 0 Å². The van der Waals surface area contributed by atoms with E-state index in [1.165, 1.54) is 26.4 Å². The predicted molar refractivity (Wildman–Crippen MR) is 182 cm³/mol. The normalized spacial score (nSPS) is 15.4. The number of hydrogen-bond acceptors (Lipinski definition) is 12. The molecule has 6 amide bonds. The SMILES string of the molecule is C[C@H](N)C(=O)N[C@H](C(=O)N[C@@H](CO)C(=O)N[C@@H](Cc1ccccc1)C(=O)N[C@@H](Cc1cnc[nH]1)C(=O)N[C@@H](CC(=O)O)C(=O)N[C@@H](C)C(=O)O)[C@@H](C)O. The molecule has 1 heterocycles. The predicted octanol–water partition coefficient (Wildman–Crippen LogP) is -4.60. The summed E-state index contributed by atoms with van der Waals surface area (Å²) in [6, 6.07) is -2.25. The largest absolute Gasteiger partial charge is 0.481 e. The maximum Gasteiger partial charge on any atom is 0.325 e. The molecule has 290 valence electrons. The molecule has 21 heteroatoms. The zero-order valence-electron chi connectivity index (χ0n) is 29.1. The van der Waals surface area contributed by atoms with Gasteiger partial charge in [-0.05, 0) is 26.3 Å². The Labute approximate surface area is 302 Å². The number of nitrogens with zero attached hydrogens (tertiary/aromatic N) is 1. The lowest BCUT2D eigenvalue weighted by atomic mass is 10.0. The van der Waals surface area contributed by atoms with Crippen molar-refractivity contribution in [2.45, 2.75) is 88.4 Å². The van der Waals surface area contributed by atoms with Crippen LogP contribution in [0.3, 0.4) is 0 Å². The summed E-state index contributed by atoms with van der Waals surface area (Å²) in [7, 11) is 0. The molecular formula is C32H45N9O12. The Morgan fingerprint density at radius 2 is 1.25 bits per heavy atom. The fourth-order valence-corrected chi connectivity index (χ4v) is 4.61. The van der Waals surface area contributed by atoms with Gasteiger partial charge in [-0.2, -0.15) is 0 Å². The van der Waals surface area contributed by atoms with Gasteiger partial charge in [-0.1, -0.05) is 30.3 Å². The van der Waals surface area contributed by atoms with Crippen LogP contribution in [-0.4, -0.2) is 133 Å². The highest BCUT2D eigenvalue weighted by Crippen LogP contribution is 2.08. The number of aliphatic hydroxyl groups is 2. The molecule has 13 N–H and O–H groups in total. The third-order valence-corrected chi connectivity index (χ3v) is 7.56. The van der Waals surface area contributed by atoms with Gasteiger partial charge in [-0.15, -0.1) is 0 Å². The van der Waals surface area contributed by atoms with Crippen LogP contribution in [0, 0.1) is 0 Å². The summed E-state index contributed by atoms with van der Waals surface area (Å²) in [5, 5.41) is 52.2. The molecule has 0 fully saturated rings. The smallest absolute Gasteiger partial charge is 0.325 e. The number of rotatable bonds is 21. The van der Waals surface area contributed by atoms with E-state index < -0.39 is 109 Å². The zero-order valence-corrected chi connectivity index (χ0v) is 29.1. The summed E-state index contributed by atoms with van der Waals surface area (Å²) in [5.41, 5.74) is 6.37. The van der Waals surface area contributed by atoms with Gasteiger partial charge >= 0.3 is 11.9 Å². The number of benzene rings is 1. The molecule has 53 heavy (non-hydrogen) atoms. The molecule has 1 aromatic heterocycles. The van der Waals surface area contributed by atoms with E-state index in [1.54, 1.807) is 30.3 Å². The van der Waals surface area contributed by atoms with Gasteiger partial charge in [0.05, 0.1) is 31.5 Å². The molecule has 0 saturated carbocycles. The molecule has 0 spiro atoms. The molecule has 1 aromatic carbocycles. The number of aliphatic carboxylic acids is 2. The molecule has 0 aliphatic rings.